The first-order chi connectivity index (χ1) is 9.90. The van der Waals surface area contributed by atoms with Crippen LogP contribution in [0.15, 0.2) is 6.20 Å². The molecule has 1 aromatic heterocycles. The lowest BCUT2D eigenvalue weighted by molar-refractivity contribution is -0.142. The fraction of sp³-hybridized carbons (Fsp3) is 0.667. The molecule has 0 aliphatic carbocycles. The highest BCUT2D eigenvalue weighted by Crippen LogP contribution is 2.24. The zero-order chi connectivity index (χ0) is 15.5. The Kier molecular flexibility index (Phi) is 4.71. The summed E-state index contributed by atoms with van der Waals surface area (Å²) < 4.78 is 48.2. The number of halogens is 3. The number of carbonyl (C=O) groups excluding carboxylic acids is 1. The predicted molar refractivity (Wildman–Crippen MR) is 67.3 cm³/mol. The Morgan fingerprint density at radius 2 is 2.10 bits per heavy atom. The molecule has 0 saturated carbocycles. The molecule has 0 atom stereocenters. The fourth-order valence-corrected chi connectivity index (χ4v) is 2.04. The van der Waals surface area contributed by atoms with Gasteiger partial charge in [0, 0.05) is 19.3 Å². The highest BCUT2D eigenvalue weighted by Gasteiger charge is 2.31. The normalized spacial score (nSPS) is 16.1. The van der Waals surface area contributed by atoms with Gasteiger partial charge in [-0.25, -0.2) is 4.79 Å². The summed E-state index contributed by atoms with van der Waals surface area (Å²) in [7, 11) is 0. The second-order valence-corrected chi connectivity index (χ2v) is 4.50. The van der Waals surface area contributed by atoms with Crippen molar-refractivity contribution in [2.45, 2.75) is 19.6 Å². The smallest absolute Gasteiger partial charge is 0.408 e. The van der Waals surface area contributed by atoms with E-state index in [4.69, 9.17) is 9.47 Å². The number of alkyl halides is 3. The van der Waals surface area contributed by atoms with Gasteiger partial charge in [0.2, 0.25) is 0 Å². The van der Waals surface area contributed by atoms with Gasteiger partial charge in [-0.2, -0.15) is 18.3 Å². The number of nitrogens with zero attached hydrogens (tertiary/aromatic N) is 3. The Morgan fingerprint density at radius 3 is 2.67 bits per heavy atom. The van der Waals surface area contributed by atoms with Crippen molar-refractivity contribution in [2.75, 3.05) is 37.8 Å². The van der Waals surface area contributed by atoms with E-state index in [9.17, 15) is 18.0 Å². The summed E-state index contributed by atoms with van der Waals surface area (Å²) in [6.07, 6.45) is -3.32. The van der Waals surface area contributed by atoms with E-state index in [1.807, 2.05) is 0 Å². The third kappa shape index (κ3) is 4.10. The lowest BCUT2D eigenvalue weighted by atomic mass is 10.3. The van der Waals surface area contributed by atoms with E-state index >= 15 is 0 Å². The molecule has 1 aromatic rings. The molecule has 0 bridgehead atoms. The van der Waals surface area contributed by atoms with Gasteiger partial charge < -0.3 is 14.4 Å². The van der Waals surface area contributed by atoms with Crippen LogP contribution >= 0.6 is 0 Å². The quantitative estimate of drug-likeness (QED) is 0.788. The maximum absolute atomic E-state index is 12.5. The van der Waals surface area contributed by atoms with Gasteiger partial charge in [0.05, 0.1) is 19.8 Å². The van der Waals surface area contributed by atoms with Crippen LogP contribution in [0.3, 0.4) is 0 Å². The summed E-state index contributed by atoms with van der Waals surface area (Å²) in [5.41, 5.74) is 0.0444. The molecule has 9 heteroatoms. The zero-order valence-corrected chi connectivity index (χ0v) is 11.5. The zero-order valence-electron chi connectivity index (χ0n) is 11.5. The SMILES string of the molecule is CCOC(=O)c1cn(CC(F)(F)F)nc1N1CCOCC1. The van der Waals surface area contributed by atoms with Crippen LogP contribution in [-0.4, -0.2) is 54.8 Å². The van der Waals surface area contributed by atoms with Gasteiger partial charge in [-0.1, -0.05) is 0 Å². The Morgan fingerprint density at radius 1 is 1.43 bits per heavy atom. The highest BCUT2D eigenvalue weighted by molar-refractivity contribution is 5.94. The molecule has 21 heavy (non-hydrogen) atoms. The summed E-state index contributed by atoms with van der Waals surface area (Å²) in [5.74, 6) is -0.464. The van der Waals surface area contributed by atoms with E-state index in [-0.39, 0.29) is 18.0 Å². The number of hydrogen-bond acceptors (Lipinski definition) is 5. The summed E-state index contributed by atoms with van der Waals surface area (Å²) in [6, 6.07) is 0. The molecule has 0 N–H and O–H groups in total. The first-order valence-corrected chi connectivity index (χ1v) is 6.54. The van der Waals surface area contributed by atoms with Crippen LogP contribution in [0, 0.1) is 0 Å². The molecule has 6 nitrogen and oxygen atoms in total. The van der Waals surface area contributed by atoms with Gasteiger partial charge in [0.25, 0.3) is 0 Å². The third-order valence-electron chi connectivity index (χ3n) is 2.89. The number of hydrogen-bond donors (Lipinski definition) is 0. The number of ether oxygens (including phenoxy) is 2. The number of rotatable bonds is 4. The first-order valence-electron chi connectivity index (χ1n) is 6.54. The summed E-state index contributed by atoms with van der Waals surface area (Å²) in [5, 5.41) is 3.89. The van der Waals surface area contributed by atoms with E-state index in [1.54, 1.807) is 11.8 Å². The van der Waals surface area contributed by atoms with Gasteiger partial charge in [-0.15, -0.1) is 0 Å². The molecule has 2 rings (SSSR count). The van der Waals surface area contributed by atoms with E-state index in [0.29, 0.717) is 26.3 Å². The van der Waals surface area contributed by atoms with E-state index < -0.39 is 18.7 Å². The number of anilines is 1. The topological polar surface area (TPSA) is 56.6 Å². The van der Waals surface area contributed by atoms with Crippen molar-refractivity contribution in [3.63, 3.8) is 0 Å². The maximum atomic E-state index is 12.5. The molecular weight excluding hydrogens is 291 g/mol. The Bertz CT molecular complexity index is 496. The summed E-state index contributed by atoms with van der Waals surface area (Å²) >= 11 is 0. The Hall–Kier alpha value is -1.77. The fourth-order valence-electron chi connectivity index (χ4n) is 2.04. The van der Waals surface area contributed by atoms with Gasteiger partial charge in [0.1, 0.15) is 12.1 Å². The van der Waals surface area contributed by atoms with Crippen molar-refractivity contribution in [2.24, 2.45) is 0 Å². The molecule has 1 aliphatic rings. The lowest BCUT2D eigenvalue weighted by Gasteiger charge is -2.27. The van der Waals surface area contributed by atoms with Crippen molar-refractivity contribution in [3.05, 3.63) is 11.8 Å². The average Bonchev–Trinajstić information content (AvgIpc) is 2.82. The minimum absolute atomic E-state index is 0.0444. The number of carbonyl (C=O) groups is 1. The third-order valence-corrected chi connectivity index (χ3v) is 2.89. The van der Waals surface area contributed by atoms with Crippen LogP contribution in [0.1, 0.15) is 17.3 Å². The predicted octanol–water partition coefficient (Wildman–Crippen LogP) is 1.46. The van der Waals surface area contributed by atoms with Crippen LogP contribution in [0.4, 0.5) is 19.0 Å². The molecule has 118 valence electrons. The minimum Gasteiger partial charge on any atom is -0.462 e. The molecule has 0 aromatic carbocycles. The number of esters is 1. The molecule has 0 radical (unpaired) electrons. The molecule has 0 amide bonds. The van der Waals surface area contributed by atoms with Crippen LogP contribution in [0.25, 0.3) is 0 Å². The monoisotopic (exact) mass is 307 g/mol. The van der Waals surface area contributed by atoms with Crippen LogP contribution in [0.2, 0.25) is 0 Å². The Labute approximate surface area is 119 Å². The van der Waals surface area contributed by atoms with Gasteiger partial charge in [-0.3, -0.25) is 4.68 Å². The van der Waals surface area contributed by atoms with Crippen molar-refractivity contribution in [1.82, 2.24) is 9.78 Å². The van der Waals surface area contributed by atoms with Crippen LogP contribution < -0.4 is 4.90 Å². The van der Waals surface area contributed by atoms with Crippen molar-refractivity contribution in [1.29, 1.82) is 0 Å². The average molecular weight is 307 g/mol. The van der Waals surface area contributed by atoms with Crippen LogP contribution in [-0.2, 0) is 16.0 Å². The second-order valence-electron chi connectivity index (χ2n) is 4.50. The molecule has 1 saturated heterocycles. The van der Waals surface area contributed by atoms with Gasteiger partial charge >= 0.3 is 12.1 Å². The minimum atomic E-state index is -4.40. The molecule has 1 fully saturated rings. The maximum Gasteiger partial charge on any atom is 0.408 e. The number of morpholine rings is 1. The lowest BCUT2D eigenvalue weighted by Crippen LogP contribution is -2.37. The van der Waals surface area contributed by atoms with E-state index in [1.165, 1.54) is 0 Å². The van der Waals surface area contributed by atoms with Crippen molar-refractivity contribution in [3.8, 4) is 0 Å². The molecule has 0 unspecified atom stereocenters. The largest absolute Gasteiger partial charge is 0.462 e. The van der Waals surface area contributed by atoms with Gasteiger partial charge in [-0.05, 0) is 6.92 Å². The van der Waals surface area contributed by atoms with E-state index in [0.717, 1.165) is 10.9 Å². The summed E-state index contributed by atoms with van der Waals surface area (Å²) in [4.78, 5) is 13.6. The summed E-state index contributed by atoms with van der Waals surface area (Å²) in [6.45, 7) is 2.34. The van der Waals surface area contributed by atoms with E-state index in [2.05, 4.69) is 5.10 Å². The van der Waals surface area contributed by atoms with Crippen LogP contribution in [0.5, 0.6) is 0 Å². The van der Waals surface area contributed by atoms with Gasteiger partial charge in [0.15, 0.2) is 5.82 Å². The molecule has 2 heterocycles. The number of aromatic nitrogens is 2. The standard InChI is InChI=1S/C12H16F3N3O3/c1-2-21-11(19)9-7-18(8-12(13,14)15)16-10(9)17-3-5-20-6-4-17/h7H,2-6,8H2,1H3. The highest BCUT2D eigenvalue weighted by atomic mass is 19.4. The Balaban J connectivity index is 2.28. The van der Waals surface area contributed by atoms with Crippen molar-refractivity contribution >= 4 is 11.8 Å². The first kappa shape index (κ1) is 15.6. The molecule has 1 aliphatic heterocycles. The second kappa shape index (κ2) is 6.33. The molecule has 0 spiro atoms. The van der Waals surface area contributed by atoms with Crippen molar-refractivity contribution < 1.29 is 27.4 Å². The molecular formula is C12H16F3N3O3.